The van der Waals surface area contributed by atoms with E-state index >= 15 is 0 Å². The van der Waals surface area contributed by atoms with Gasteiger partial charge in [-0.2, -0.15) is 5.10 Å². The van der Waals surface area contributed by atoms with Gasteiger partial charge in [0.1, 0.15) is 6.61 Å². The number of hydrazone groups is 1. The van der Waals surface area contributed by atoms with Crippen LogP contribution < -0.4 is 20.2 Å². The summed E-state index contributed by atoms with van der Waals surface area (Å²) in [4.78, 5) is 12.0. The first-order chi connectivity index (χ1) is 15.1. The molecule has 6 nitrogen and oxygen atoms in total. The van der Waals surface area contributed by atoms with E-state index in [9.17, 15) is 4.79 Å². The Hall–Kier alpha value is -2.57. The molecule has 1 aliphatic carbocycles. The van der Waals surface area contributed by atoms with Crippen molar-refractivity contribution in [2.24, 2.45) is 5.10 Å². The van der Waals surface area contributed by atoms with Crippen LogP contribution in [0.25, 0.3) is 0 Å². The first-order valence-corrected chi connectivity index (χ1v) is 11.2. The van der Waals surface area contributed by atoms with E-state index in [-0.39, 0.29) is 12.5 Å². The molecule has 1 amide bonds. The molecule has 2 aromatic rings. The van der Waals surface area contributed by atoms with Gasteiger partial charge in [0.05, 0.1) is 19.4 Å². The lowest BCUT2D eigenvalue weighted by Gasteiger charge is -2.22. The molecular formula is C24H30ClN3O3. The summed E-state index contributed by atoms with van der Waals surface area (Å²) < 4.78 is 11.6. The van der Waals surface area contributed by atoms with Crippen LogP contribution in [0, 0.1) is 0 Å². The number of nitrogens with zero attached hydrogens (tertiary/aromatic N) is 1. The Balaban J connectivity index is 1.51. The number of hydrogen-bond donors (Lipinski definition) is 2. The molecular weight excluding hydrogens is 414 g/mol. The molecule has 0 aromatic heterocycles. The minimum Gasteiger partial charge on any atom is -0.490 e. The smallest absolute Gasteiger partial charge is 0.254 e. The summed E-state index contributed by atoms with van der Waals surface area (Å²) in [5.41, 5.74) is 4.40. The van der Waals surface area contributed by atoms with Crippen LogP contribution in [0.1, 0.15) is 50.2 Å². The zero-order chi connectivity index (χ0) is 21.9. The molecule has 3 rings (SSSR count). The number of rotatable bonds is 10. The lowest BCUT2D eigenvalue weighted by atomic mass is 9.95. The maximum Gasteiger partial charge on any atom is 0.254 e. The summed E-state index contributed by atoms with van der Waals surface area (Å²) in [7, 11) is 0. The summed E-state index contributed by atoms with van der Waals surface area (Å²) in [6.45, 7) is 3.13. The first-order valence-electron chi connectivity index (χ1n) is 10.8. The molecule has 2 N–H and O–H groups in total. The lowest BCUT2D eigenvalue weighted by molar-refractivity contribution is -0.120. The SMILES string of the molecule is CCOc1cc(/C=N\NC(=O)CNC2CCCCC2)ccc1OCc1ccc(Cl)cc1. The molecule has 166 valence electrons. The van der Waals surface area contributed by atoms with Crippen LogP contribution >= 0.6 is 11.6 Å². The number of amides is 1. The second kappa shape index (κ2) is 12.3. The summed E-state index contributed by atoms with van der Waals surface area (Å²) in [6, 6.07) is 13.5. The van der Waals surface area contributed by atoms with Gasteiger partial charge in [0.2, 0.25) is 0 Å². The highest BCUT2D eigenvalue weighted by atomic mass is 35.5. The Morgan fingerprint density at radius 2 is 1.87 bits per heavy atom. The molecule has 1 saturated carbocycles. The fraction of sp³-hybridized carbons (Fsp3) is 0.417. The molecule has 7 heteroatoms. The first kappa shape index (κ1) is 23.1. The van der Waals surface area contributed by atoms with Gasteiger partial charge in [0.25, 0.3) is 5.91 Å². The molecule has 0 saturated heterocycles. The number of halogens is 1. The zero-order valence-electron chi connectivity index (χ0n) is 17.9. The maximum absolute atomic E-state index is 12.0. The minimum atomic E-state index is -0.144. The third-order valence-corrected chi connectivity index (χ3v) is 5.39. The third-order valence-electron chi connectivity index (χ3n) is 5.13. The number of carbonyl (C=O) groups is 1. The maximum atomic E-state index is 12.0. The van der Waals surface area contributed by atoms with Crippen molar-refractivity contribution < 1.29 is 14.3 Å². The molecule has 31 heavy (non-hydrogen) atoms. The summed E-state index contributed by atoms with van der Waals surface area (Å²) in [6.07, 6.45) is 7.65. The van der Waals surface area contributed by atoms with Gasteiger partial charge < -0.3 is 14.8 Å². The molecule has 2 aromatic carbocycles. The lowest BCUT2D eigenvalue weighted by Crippen LogP contribution is -2.38. The van der Waals surface area contributed by atoms with Gasteiger partial charge in [0, 0.05) is 11.1 Å². The van der Waals surface area contributed by atoms with Crippen molar-refractivity contribution in [1.82, 2.24) is 10.7 Å². The zero-order valence-corrected chi connectivity index (χ0v) is 18.7. The Labute approximate surface area is 189 Å². The second-order valence-electron chi connectivity index (χ2n) is 7.56. The van der Waals surface area contributed by atoms with Crippen LogP contribution in [-0.2, 0) is 11.4 Å². The topological polar surface area (TPSA) is 72.0 Å². The van der Waals surface area contributed by atoms with Gasteiger partial charge in [-0.05, 0) is 61.2 Å². The highest BCUT2D eigenvalue weighted by molar-refractivity contribution is 6.30. The van der Waals surface area contributed by atoms with Crippen molar-refractivity contribution in [3.63, 3.8) is 0 Å². The third kappa shape index (κ3) is 7.89. The van der Waals surface area contributed by atoms with Gasteiger partial charge >= 0.3 is 0 Å². The highest BCUT2D eigenvalue weighted by Crippen LogP contribution is 2.29. The van der Waals surface area contributed by atoms with Crippen molar-refractivity contribution >= 4 is 23.7 Å². The number of hydrogen-bond acceptors (Lipinski definition) is 5. The van der Waals surface area contributed by atoms with Crippen molar-refractivity contribution in [2.45, 2.75) is 51.7 Å². The average Bonchev–Trinajstić information content (AvgIpc) is 2.79. The fourth-order valence-electron chi connectivity index (χ4n) is 3.50. The summed E-state index contributed by atoms with van der Waals surface area (Å²) in [5.74, 6) is 1.13. The molecule has 1 aliphatic rings. The van der Waals surface area contributed by atoms with Crippen molar-refractivity contribution in [1.29, 1.82) is 0 Å². The quantitative estimate of drug-likeness (QED) is 0.412. The number of benzene rings is 2. The average molecular weight is 444 g/mol. The monoisotopic (exact) mass is 443 g/mol. The Bertz CT molecular complexity index is 865. The molecule has 0 atom stereocenters. The van der Waals surface area contributed by atoms with E-state index in [4.69, 9.17) is 21.1 Å². The standard InChI is InChI=1S/C24H30ClN3O3/c1-2-30-23-14-19(10-13-22(23)31-17-18-8-11-20(25)12-9-18)15-27-28-24(29)16-26-21-6-4-3-5-7-21/h8-15,21,26H,2-7,16-17H2,1H3,(H,28,29)/b27-15-. The van der Waals surface area contributed by atoms with E-state index in [1.54, 1.807) is 6.21 Å². The van der Waals surface area contributed by atoms with Gasteiger partial charge in [-0.15, -0.1) is 0 Å². The van der Waals surface area contributed by atoms with E-state index in [0.29, 0.717) is 35.8 Å². The van der Waals surface area contributed by atoms with Crippen LogP contribution in [-0.4, -0.2) is 31.3 Å². The largest absolute Gasteiger partial charge is 0.490 e. The summed E-state index contributed by atoms with van der Waals surface area (Å²) in [5, 5.41) is 8.06. The number of carbonyl (C=O) groups excluding carboxylic acids is 1. The molecule has 0 bridgehead atoms. The Morgan fingerprint density at radius 1 is 1.10 bits per heavy atom. The van der Waals surface area contributed by atoms with Gasteiger partial charge in [-0.25, -0.2) is 5.43 Å². The molecule has 0 unspecified atom stereocenters. The van der Waals surface area contributed by atoms with E-state index in [0.717, 1.165) is 24.0 Å². The van der Waals surface area contributed by atoms with Crippen molar-refractivity contribution in [3.05, 3.63) is 58.6 Å². The second-order valence-corrected chi connectivity index (χ2v) is 8.00. The molecule has 0 heterocycles. The van der Waals surface area contributed by atoms with Crippen LogP contribution in [0.4, 0.5) is 0 Å². The minimum absolute atomic E-state index is 0.144. The van der Waals surface area contributed by atoms with Crippen molar-refractivity contribution in [2.75, 3.05) is 13.2 Å². The van der Waals surface area contributed by atoms with E-state index in [2.05, 4.69) is 15.8 Å². The molecule has 0 radical (unpaired) electrons. The van der Waals surface area contributed by atoms with E-state index in [1.807, 2.05) is 49.4 Å². The van der Waals surface area contributed by atoms with Crippen LogP contribution in [0.5, 0.6) is 11.5 Å². The van der Waals surface area contributed by atoms with Crippen LogP contribution in [0.3, 0.4) is 0 Å². The Kier molecular flexibility index (Phi) is 9.18. The van der Waals surface area contributed by atoms with Gasteiger partial charge in [0.15, 0.2) is 11.5 Å². The predicted molar refractivity (Wildman–Crippen MR) is 124 cm³/mol. The van der Waals surface area contributed by atoms with Crippen LogP contribution in [0.2, 0.25) is 5.02 Å². The Morgan fingerprint density at radius 3 is 2.61 bits per heavy atom. The fourth-order valence-corrected chi connectivity index (χ4v) is 3.62. The van der Waals surface area contributed by atoms with Crippen molar-refractivity contribution in [3.8, 4) is 11.5 Å². The van der Waals surface area contributed by atoms with E-state index in [1.165, 1.54) is 19.3 Å². The number of ether oxygens (including phenoxy) is 2. The predicted octanol–water partition coefficient (Wildman–Crippen LogP) is 4.69. The summed E-state index contributed by atoms with van der Waals surface area (Å²) >= 11 is 5.92. The molecule has 0 spiro atoms. The van der Waals surface area contributed by atoms with Gasteiger partial charge in [-0.3, -0.25) is 4.79 Å². The molecule has 1 fully saturated rings. The highest BCUT2D eigenvalue weighted by Gasteiger charge is 2.13. The molecule has 0 aliphatic heterocycles. The number of nitrogens with one attached hydrogen (secondary N) is 2. The van der Waals surface area contributed by atoms with Crippen LogP contribution in [0.15, 0.2) is 47.6 Å². The van der Waals surface area contributed by atoms with Gasteiger partial charge in [-0.1, -0.05) is 43.0 Å². The normalized spacial score (nSPS) is 14.5. The van der Waals surface area contributed by atoms with E-state index < -0.39 is 0 Å².